The van der Waals surface area contributed by atoms with Crippen molar-refractivity contribution in [3.8, 4) is 0 Å². The van der Waals surface area contributed by atoms with E-state index in [2.05, 4.69) is 32.8 Å². The zero-order valence-electron chi connectivity index (χ0n) is 12.6. The number of Topliss-reactive ketones (excluding diaryl/α,β-unsaturated/α-hetero) is 1. The fourth-order valence-corrected chi connectivity index (χ4v) is 2.29. The molecule has 0 aromatic carbocycles. The van der Waals surface area contributed by atoms with E-state index in [1.165, 1.54) is 0 Å². The number of hydrogen-bond donors (Lipinski definition) is 1. The van der Waals surface area contributed by atoms with Crippen molar-refractivity contribution in [3.05, 3.63) is 18.0 Å². The first kappa shape index (κ1) is 15.9. The molecular formula is C15H27N3O. The highest BCUT2D eigenvalue weighted by Crippen LogP contribution is 2.15. The van der Waals surface area contributed by atoms with Crippen LogP contribution in [0.25, 0.3) is 0 Å². The largest absolute Gasteiger partial charge is 0.321 e. The van der Waals surface area contributed by atoms with Gasteiger partial charge in [-0.1, -0.05) is 27.7 Å². The van der Waals surface area contributed by atoms with Gasteiger partial charge in [-0.05, 0) is 31.2 Å². The van der Waals surface area contributed by atoms with Gasteiger partial charge in [-0.15, -0.1) is 0 Å². The van der Waals surface area contributed by atoms with Crippen LogP contribution < -0.4 is 5.73 Å². The summed E-state index contributed by atoms with van der Waals surface area (Å²) < 4.78 is 1.97. The van der Waals surface area contributed by atoms with Gasteiger partial charge in [0.1, 0.15) is 0 Å². The maximum atomic E-state index is 12.0. The Morgan fingerprint density at radius 3 is 2.53 bits per heavy atom. The van der Waals surface area contributed by atoms with Crippen LogP contribution >= 0.6 is 0 Å². The molecule has 19 heavy (non-hydrogen) atoms. The van der Waals surface area contributed by atoms with Crippen molar-refractivity contribution in [1.82, 2.24) is 9.78 Å². The standard InChI is InChI=1S/C15H27N3O/c1-5-13(6-2)18-8-7-12(17-18)10-15(19)14(16)9-11(3)4/h7-8,11,13-14H,5-6,9-10,16H2,1-4H3. The molecule has 1 atom stereocenters. The Hall–Kier alpha value is -1.16. The number of nitrogens with two attached hydrogens (primary N) is 1. The van der Waals surface area contributed by atoms with Gasteiger partial charge in [0.2, 0.25) is 0 Å². The van der Waals surface area contributed by atoms with Crippen molar-refractivity contribution < 1.29 is 4.79 Å². The molecule has 0 saturated heterocycles. The third-order valence-corrected chi connectivity index (χ3v) is 3.47. The minimum absolute atomic E-state index is 0.0866. The van der Waals surface area contributed by atoms with Crippen molar-refractivity contribution in [2.24, 2.45) is 11.7 Å². The van der Waals surface area contributed by atoms with Crippen molar-refractivity contribution in [2.75, 3.05) is 0 Å². The first-order chi connectivity index (χ1) is 8.97. The number of carbonyl (C=O) groups is 1. The second-order valence-electron chi connectivity index (χ2n) is 5.64. The predicted octanol–water partition coefficient (Wildman–Crippen LogP) is 2.73. The second kappa shape index (κ2) is 7.43. The topological polar surface area (TPSA) is 60.9 Å². The van der Waals surface area contributed by atoms with Gasteiger partial charge in [-0.2, -0.15) is 5.10 Å². The van der Waals surface area contributed by atoms with Gasteiger partial charge < -0.3 is 5.73 Å². The Balaban J connectivity index is 2.60. The molecule has 1 unspecified atom stereocenters. The monoisotopic (exact) mass is 265 g/mol. The van der Waals surface area contributed by atoms with Crippen LogP contribution in [0.3, 0.4) is 0 Å². The maximum Gasteiger partial charge on any atom is 0.155 e. The summed E-state index contributed by atoms with van der Waals surface area (Å²) in [7, 11) is 0. The summed E-state index contributed by atoms with van der Waals surface area (Å²) in [6, 6.07) is 1.99. The van der Waals surface area contributed by atoms with Crippen LogP contribution in [-0.4, -0.2) is 21.6 Å². The molecule has 0 aliphatic heterocycles. The zero-order chi connectivity index (χ0) is 14.4. The van der Waals surface area contributed by atoms with E-state index in [0.717, 1.165) is 25.0 Å². The molecule has 2 N–H and O–H groups in total. The molecule has 1 heterocycles. The molecule has 0 amide bonds. The molecule has 0 bridgehead atoms. The Bertz CT molecular complexity index is 394. The number of nitrogens with zero attached hydrogens (tertiary/aromatic N) is 2. The average Bonchev–Trinajstić information content (AvgIpc) is 2.78. The molecule has 0 aliphatic carbocycles. The highest BCUT2D eigenvalue weighted by atomic mass is 16.1. The fraction of sp³-hybridized carbons (Fsp3) is 0.733. The molecule has 1 aromatic heterocycles. The minimum Gasteiger partial charge on any atom is -0.321 e. The Kier molecular flexibility index (Phi) is 6.22. The van der Waals surface area contributed by atoms with Crippen molar-refractivity contribution in [1.29, 1.82) is 0 Å². The van der Waals surface area contributed by atoms with Gasteiger partial charge in [-0.25, -0.2) is 0 Å². The fourth-order valence-electron chi connectivity index (χ4n) is 2.29. The van der Waals surface area contributed by atoms with Crippen LogP contribution in [0.2, 0.25) is 0 Å². The van der Waals surface area contributed by atoms with E-state index < -0.39 is 0 Å². The lowest BCUT2D eigenvalue weighted by Crippen LogP contribution is -2.33. The highest BCUT2D eigenvalue weighted by Gasteiger charge is 2.17. The number of carbonyl (C=O) groups excluding carboxylic acids is 1. The summed E-state index contributed by atoms with van der Waals surface area (Å²) in [5.41, 5.74) is 6.73. The van der Waals surface area contributed by atoms with Crippen LogP contribution in [-0.2, 0) is 11.2 Å². The summed E-state index contributed by atoms with van der Waals surface area (Å²) in [6.45, 7) is 8.46. The highest BCUT2D eigenvalue weighted by molar-refractivity contribution is 5.85. The lowest BCUT2D eigenvalue weighted by molar-refractivity contribution is -0.120. The maximum absolute atomic E-state index is 12.0. The molecule has 4 nitrogen and oxygen atoms in total. The molecular weight excluding hydrogens is 238 g/mol. The number of ketones is 1. The third-order valence-electron chi connectivity index (χ3n) is 3.47. The number of hydrogen-bond acceptors (Lipinski definition) is 3. The van der Waals surface area contributed by atoms with Gasteiger partial charge in [0.05, 0.1) is 24.2 Å². The van der Waals surface area contributed by atoms with Crippen molar-refractivity contribution >= 4 is 5.78 Å². The molecule has 1 rings (SSSR count). The molecule has 0 saturated carbocycles. The molecule has 0 spiro atoms. The van der Waals surface area contributed by atoms with E-state index in [1.807, 2.05) is 16.9 Å². The number of aromatic nitrogens is 2. The van der Waals surface area contributed by atoms with E-state index in [0.29, 0.717) is 18.4 Å². The van der Waals surface area contributed by atoms with E-state index >= 15 is 0 Å². The van der Waals surface area contributed by atoms with Crippen molar-refractivity contribution in [3.63, 3.8) is 0 Å². The quantitative estimate of drug-likeness (QED) is 0.786. The lowest BCUT2D eigenvalue weighted by Gasteiger charge is -2.13. The van der Waals surface area contributed by atoms with Crippen LogP contribution in [0.4, 0.5) is 0 Å². The Morgan fingerprint density at radius 1 is 1.37 bits per heavy atom. The van der Waals surface area contributed by atoms with E-state index in [-0.39, 0.29) is 11.8 Å². The molecule has 4 heteroatoms. The summed E-state index contributed by atoms with van der Waals surface area (Å²) in [6.07, 6.45) is 5.16. The average molecular weight is 265 g/mol. The number of rotatable bonds is 8. The lowest BCUT2D eigenvalue weighted by atomic mass is 9.99. The summed E-state index contributed by atoms with van der Waals surface area (Å²) in [5.74, 6) is 0.532. The Labute approximate surface area is 116 Å². The minimum atomic E-state index is -0.363. The van der Waals surface area contributed by atoms with Crippen LogP contribution in [0.15, 0.2) is 12.3 Å². The van der Waals surface area contributed by atoms with Crippen molar-refractivity contribution in [2.45, 2.75) is 65.5 Å². The van der Waals surface area contributed by atoms with Crippen LogP contribution in [0.1, 0.15) is 58.7 Å². The predicted molar refractivity (Wildman–Crippen MR) is 78.0 cm³/mol. The Morgan fingerprint density at radius 2 is 2.00 bits per heavy atom. The molecule has 1 aromatic rings. The molecule has 108 valence electrons. The summed E-state index contributed by atoms with van der Waals surface area (Å²) >= 11 is 0. The first-order valence-electron chi connectivity index (χ1n) is 7.30. The van der Waals surface area contributed by atoms with Gasteiger partial charge in [0.25, 0.3) is 0 Å². The normalized spacial score (nSPS) is 13.2. The van der Waals surface area contributed by atoms with Crippen LogP contribution in [0.5, 0.6) is 0 Å². The summed E-state index contributed by atoms with van der Waals surface area (Å²) in [4.78, 5) is 12.0. The van der Waals surface area contributed by atoms with Gasteiger partial charge >= 0.3 is 0 Å². The van der Waals surface area contributed by atoms with Gasteiger partial charge in [0, 0.05) is 6.20 Å². The first-order valence-corrected chi connectivity index (χ1v) is 7.30. The van der Waals surface area contributed by atoms with E-state index in [9.17, 15) is 4.79 Å². The third kappa shape index (κ3) is 4.78. The van der Waals surface area contributed by atoms with E-state index in [1.54, 1.807) is 0 Å². The van der Waals surface area contributed by atoms with Crippen LogP contribution in [0, 0.1) is 5.92 Å². The molecule has 0 fully saturated rings. The SMILES string of the molecule is CCC(CC)n1ccc(CC(=O)C(N)CC(C)C)n1. The van der Waals surface area contributed by atoms with Gasteiger partial charge in [0.15, 0.2) is 5.78 Å². The summed E-state index contributed by atoms with van der Waals surface area (Å²) in [5, 5.41) is 4.49. The molecule has 0 aliphatic rings. The van der Waals surface area contributed by atoms with E-state index in [4.69, 9.17) is 5.73 Å². The van der Waals surface area contributed by atoms with Gasteiger partial charge in [-0.3, -0.25) is 9.48 Å². The second-order valence-corrected chi connectivity index (χ2v) is 5.64. The zero-order valence-corrected chi connectivity index (χ0v) is 12.6. The smallest absolute Gasteiger partial charge is 0.155 e. The molecule has 0 radical (unpaired) electrons.